The average molecular weight is 409 g/mol. The van der Waals surface area contributed by atoms with Crippen molar-refractivity contribution in [3.63, 3.8) is 0 Å². The molecule has 7 heteroatoms. The first kappa shape index (κ1) is 21.4. The van der Waals surface area contributed by atoms with Crippen LogP contribution in [0.4, 0.5) is 5.69 Å². The van der Waals surface area contributed by atoms with Crippen LogP contribution in [0.2, 0.25) is 0 Å². The van der Waals surface area contributed by atoms with Crippen LogP contribution in [0.1, 0.15) is 54.9 Å². The second-order valence-electron chi connectivity index (χ2n) is 7.11. The topological polar surface area (TPSA) is 86.4 Å². The monoisotopic (exact) mass is 409 g/mol. The molecule has 0 bridgehead atoms. The number of hydrogen-bond donors (Lipinski definition) is 1. The van der Waals surface area contributed by atoms with Crippen LogP contribution >= 0.6 is 0 Å². The molecule has 0 aliphatic rings. The van der Waals surface area contributed by atoms with Gasteiger partial charge in [0, 0.05) is 11.3 Å². The number of amides is 1. The van der Waals surface area contributed by atoms with Gasteiger partial charge in [-0.3, -0.25) is 4.79 Å². The first-order chi connectivity index (χ1) is 14.6. The maximum atomic E-state index is 12.5. The van der Waals surface area contributed by atoms with E-state index in [0.29, 0.717) is 16.9 Å². The molecule has 3 rings (SSSR count). The number of unbranched alkanes of at least 4 members (excludes halogenated alkanes) is 4. The number of rotatable bonds is 10. The molecule has 158 valence electrons. The Labute approximate surface area is 175 Å². The second-order valence-corrected chi connectivity index (χ2v) is 7.11. The minimum absolute atomic E-state index is 0.109. The lowest BCUT2D eigenvalue weighted by molar-refractivity contribution is 0.102. The van der Waals surface area contributed by atoms with Crippen LogP contribution in [0.5, 0.6) is 6.08 Å². The van der Waals surface area contributed by atoms with Gasteiger partial charge >= 0.3 is 11.8 Å². The fourth-order valence-corrected chi connectivity index (χ4v) is 3.15. The summed E-state index contributed by atoms with van der Waals surface area (Å²) in [5.74, 6) is -0.827. The van der Waals surface area contributed by atoms with Gasteiger partial charge < -0.3 is 14.5 Å². The molecule has 30 heavy (non-hydrogen) atoms. The zero-order valence-corrected chi connectivity index (χ0v) is 17.4. The van der Waals surface area contributed by atoms with E-state index in [0.717, 1.165) is 11.1 Å². The Morgan fingerprint density at radius 1 is 1.03 bits per heavy atom. The Hall–Kier alpha value is -3.35. The minimum Gasteiger partial charge on any atom is -0.452 e. The van der Waals surface area contributed by atoms with Gasteiger partial charge in [-0.05, 0) is 54.8 Å². The molecule has 1 aromatic heterocycles. The molecule has 1 heterocycles. The summed E-state index contributed by atoms with van der Waals surface area (Å²) >= 11 is 0. The van der Waals surface area contributed by atoms with E-state index in [1.54, 1.807) is 24.3 Å². The smallest absolute Gasteiger partial charge is 0.444 e. The Kier molecular flexibility index (Phi) is 7.43. The average Bonchev–Trinajstić information content (AvgIpc) is 3.15. The predicted octanol–water partition coefficient (Wildman–Crippen LogP) is 4.60. The van der Waals surface area contributed by atoms with Gasteiger partial charge in [0.2, 0.25) is 0 Å². The molecule has 1 N–H and O–H groups in total. The van der Waals surface area contributed by atoms with Crippen molar-refractivity contribution in [2.45, 2.75) is 45.4 Å². The summed E-state index contributed by atoms with van der Waals surface area (Å²) in [5, 5.41) is 6.77. The van der Waals surface area contributed by atoms with Gasteiger partial charge in [0.25, 0.3) is 5.91 Å². The van der Waals surface area contributed by atoms with E-state index in [1.807, 2.05) is 24.3 Å². The summed E-state index contributed by atoms with van der Waals surface area (Å²) in [4.78, 5) is 24.3. The number of aromatic nitrogens is 2. The first-order valence-electron chi connectivity index (χ1n) is 10.3. The number of anilines is 1. The van der Waals surface area contributed by atoms with Gasteiger partial charge in [-0.2, -0.15) is 4.68 Å². The van der Waals surface area contributed by atoms with Crippen LogP contribution in [0.25, 0.3) is 5.69 Å². The van der Waals surface area contributed by atoms with E-state index in [2.05, 4.69) is 17.3 Å². The molecule has 3 aromatic rings. The highest BCUT2D eigenvalue weighted by Crippen LogP contribution is 2.15. The number of carbonyl (C=O) groups is 1. The van der Waals surface area contributed by atoms with Gasteiger partial charge in [-0.15, -0.1) is 0 Å². The van der Waals surface area contributed by atoms with Gasteiger partial charge in [-0.1, -0.05) is 49.8 Å². The lowest BCUT2D eigenvalue weighted by atomic mass is 10.0. The predicted molar refractivity (Wildman–Crippen MR) is 116 cm³/mol. The van der Waals surface area contributed by atoms with Crippen molar-refractivity contribution in [3.8, 4) is 11.8 Å². The van der Waals surface area contributed by atoms with Crippen molar-refractivity contribution in [1.82, 2.24) is 9.78 Å². The maximum absolute atomic E-state index is 12.5. The second kappa shape index (κ2) is 10.4. The Bertz CT molecular complexity index is 1000. The third-order valence-corrected chi connectivity index (χ3v) is 4.86. The van der Waals surface area contributed by atoms with Crippen molar-refractivity contribution in [2.24, 2.45) is 0 Å². The third kappa shape index (κ3) is 5.59. The lowest BCUT2D eigenvalue weighted by Crippen LogP contribution is -2.14. The molecule has 7 nitrogen and oxygen atoms in total. The summed E-state index contributed by atoms with van der Waals surface area (Å²) < 4.78 is 10.7. The summed E-state index contributed by atoms with van der Waals surface area (Å²) in [6, 6.07) is 14.5. The van der Waals surface area contributed by atoms with E-state index in [-0.39, 0.29) is 12.0 Å². The third-order valence-electron chi connectivity index (χ3n) is 4.86. The highest BCUT2D eigenvalue weighted by molar-refractivity contribution is 6.04. The quantitative estimate of drug-likeness (QED) is 0.495. The van der Waals surface area contributed by atoms with Crippen molar-refractivity contribution in [2.75, 3.05) is 12.4 Å². The summed E-state index contributed by atoms with van der Waals surface area (Å²) in [6.07, 6.45) is 7.19. The van der Waals surface area contributed by atoms with Crippen LogP contribution in [-0.2, 0) is 6.42 Å². The fourth-order valence-electron chi connectivity index (χ4n) is 3.15. The van der Waals surface area contributed by atoms with Gasteiger partial charge in [-0.25, -0.2) is 4.79 Å². The van der Waals surface area contributed by atoms with Crippen molar-refractivity contribution >= 4 is 11.6 Å². The van der Waals surface area contributed by atoms with Crippen LogP contribution in [-0.4, -0.2) is 22.8 Å². The normalized spacial score (nSPS) is 10.7. The number of nitrogens with zero attached hydrogens (tertiary/aromatic N) is 2. The molecule has 0 fully saturated rings. The Balaban J connectivity index is 1.56. The lowest BCUT2D eigenvalue weighted by Gasteiger charge is -2.07. The van der Waals surface area contributed by atoms with Gasteiger partial charge in [0.05, 0.1) is 12.8 Å². The number of aryl methyl sites for hydroxylation is 1. The molecule has 0 atom stereocenters. The highest BCUT2D eigenvalue weighted by Gasteiger charge is 2.11. The number of hydrogen-bond acceptors (Lipinski definition) is 5. The number of methoxy groups -OCH3 is 1. The molecule has 0 spiro atoms. The number of nitrogens with one attached hydrogen (secondary N) is 1. The zero-order chi connectivity index (χ0) is 21.3. The zero-order valence-electron chi connectivity index (χ0n) is 17.4. The fraction of sp³-hybridized carbons (Fsp3) is 0.348. The van der Waals surface area contributed by atoms with E-state index < -0.39 is 5.76 Å². The number of ether oxygens (including phenoxy) is 1. The molecule has 0 saturated carbocycles. The van der Waals surface area contributed by atoms with Crippen molar-refractivity contribution < 1.29 is 13.9 Å². The van der Waals surface area contributed by atoms with Crippen LogP contribution in [0.15, 0.2) is 57.7 Å². The van der Waals surface area contributed by atoms with E-state index in [9.17, 15) is 9.59 Å². The molecule has 0 aliphatic heterocycles. The Morgan fingerprint density at radius 3 is 2.37 bits per heavy atom. The standard InChI is InChI=1S/C23H27N3O4/c1-3-4-5-6-7-8-17-9-11-18(12-10-17)21(27)24-19-13-15-20(16-14-19)26-23(28)30-22(25-26)29-2/h9-16H,3-8H2,1-2H3,(H,24,27). The van der Waals surface area contributed by atoms with E-state index >= 15 is 0 Å². The number of carbonyl (C=O) groups excluding carboxylic acids is 1. The largest absolute Gasteiger partial charge is 0.452 e. The van der Waals surface area contributed by atoms with Gasteiger partial charge in [0.1, 0.15) is 0 Å². The number of benzene rings is 2. The van der Waals surface area contributed by atoms with E-state index in [1.165, 1.54) is 44.8 Å². The van der Waals surface area contributed by atoms with Crippen molar-refractivity contribution in [3.05, 3.63) is 70.2 Å². The summed E-state index contributed by atoms with van der Waals surface area (Å²) in [6.45, 7) is 2.22. The van der Waals surface area contributed by atoms with Crippen LogP contribution in [0, 0.1) is 0 Å². The van der Waals surface area contributed by atoms with Gasteiger partial charge in [0.15, 0.2) is 0 Å². The van der Waals surface area contributed by atoms with Crippen molar-refractivity contribution in [1.29, 1.82) is 0 Å². The molecule has 0 unspecified atom stereocenters. The minimum atomic E-state index is -0.644. The molecule has 0 saturated heterocycles. The molecule has 0 radical (unpaired) electrons. The molecular formula is C23H27N3O4. The maximum Gasteiger partial charge on any atom is 0.444 e. The first-order valence-corrected chi connectivity index (χ1v) is 10.3. The van der Waals surface area contributed by atoms with Crippen LogP contribution < -0.4 is 15.8 Å². The molecule has 1 amide bonds. The SMILES string of the molecule is CCCCCCCc1ccc(C(=O)Nc2ccc(-n3nc(OC)oc3=O)cc2)cc1. The Morgan fingerprint density at radius 2 is 1.73 bits per heavy atom. The molecule has 2 aromatic carbocycles. The van der Waals surface area contributed by atoms with Crippen LogP contribution in [0.3, 0.4) is 0 Å². The summed E-state index contributed by atoms with van der Waals surface area (Å²) in [7, 11) is 1.37. The summed E-state index contributed by atoms with van der Waals surface area (Å²) in [5.41, 5.74) is 2.98. The highest BCUT2D eigenvalue weighted by atomic mass is 16.6. The van der Waals surface area contributed by atoms with E-state index in [4.69, 9.17) is 9.15 Å². The molecular weight excluding hydrogens is 382 g/mol. The molecule has 0 aliphatic carbocycles.